The largest absolute Gasteiger partial charge is 0.337 e. The summed E-state index contributed by atoms with van der Waals surface area (Å²) in [7, 11) is 0. The van der Waals surface area contributed by atoms with Gasteiger partial charge in [0.05, 0.1) is 0 Å². The Hall–Kier alpha value is -1.89. The molecule has 18 heavy (non-hydrogen) atoms. The second kappa shape index (κ2) is 4.77. The van der Waals surface area contributed by atoms with E-state index >= 15 is 0 Å². The number of hydrogen-bond acceptors (Lipinski definition) is 5. The van der Waals surface area contributed by atoms with Gasteiger partial charge < -0.3 is 4.52 Å². The van der Waals surface area contributed by atoms with Crippen LogP contribution in [-0.4, -0.2) is 19.7 Å². The summed E-state index contributed by atoms with van der Waals surface area (Å²) in [6, 6.07) is 0. The summed E-state index contributed by atoms with van der Waals surface area (Å²) in [6.07, 6.45) is 1.24. The van der Waals surface area contributed by atoms with E-state index in [0.29, 0.717) is 5.82 Å². The zero-order valence-corrected chi connectivity index (χ0v) is 10.6. The van der Waals surface area contributed by atoms with E-state index in [9.17, 15) is 9.59 Å². The van der Waals surface area contributed by atoms with Crippen LogP contribution < -0.4 is 11.2 Å². The Labute approximate surface area is 106 Å². The first-order valence-corrected chi connectivity index (χ1v) is 5.67. The minimum atomic E-state index is -0.619. The molecule has 0 saturated carbocycles. The zero-order chi connectivity index (χ0) is 13.3. The molecule has 0 fully saturated rings. The van der Waals surface area contributed by atoms with Gasteiger partial charge in [0.25, 0.3) is 5.56 Å². The number of aromatic nitrogens is 4. The van der Waals surface area contributed by atoms with Crippen molar-refractivity contribution in [2.24, 2.45) is 0 Å². The van der Waals surface area contributed by atoms with Crippen molar-refractivity contribution < 1.29 is 4.52 Å². The second-order valence-electron chi connectivity index (χ2n) is 4.07. The fraction of sp³-hybridized carbons (Fsp3) is 0.400. The number of H-pyrrole nitrogens is 1. The normalized spacial score (nSPS) is 11.1. The van der Waals surface area contributed by atoms with Crippen LogP contribution >= 0.6 is 11.6 Å². The maximum Gasteiger partial charge on any atom is 0.328 e. The molecule has 2 rings (SSSR count). The van der Waals surface area contributed by atoms with Gasteiger partial charge in [-0.05, 0) is 0 Å². The van der Waals surface area contributed by atoms with Crippen LogP contribution in [0.2, 0.25) is 5.02 Å². The maximum absolute atomic E-state index is 11.5. The fourth-order valence-electron chi connectivity index (χ4n) is 1.31. The van der Waals surface area contributed by atoms with Gasteiger partial charge in [0.1, 0.15) is 11.6 Å². The molecule has 0 saturated heterocycles. The van der Waals surface area contributed by atoms with Crippen LogP contribution in [0.15, 0.2) is 20.3 Å². The van der Waals surface area contributed by atoms with E-state index in [1.165, 1.54) is 10.8 Å². The van der Waals surface area contributed by atoms with Gasteiger partial charge in [0, 0.05) is 12.1 Å². The monoisotopic (exact) mass is 270 g/mol. The Balaban J connectivity index is 2.31. The quantitative estimate of drug-likeness (QED) is 0.888. The number of nitrogens with one attached hydrogen (secondary N) is 1. The molecule has 2 heterocycles. The number of rotatable bonds is 3. The molecule has 0 aromatic carbocycles. The lowest BCUT2D eigenvalue weighted by molar-refractivity contribution is 0.362. The molecule has 2 aromatic rings. The van der Waals surface area contributed by atoms with Gasteiger partial charge in [-0.2, -0.15) is 4.98 Å². The first-order chi connectivity index (χ1) is 8.47. The van der Waals surface area contributed by atoms with E-state index in [-0.39, 0.29) is 23.4 Å². The third-order valence-corrected chi connectivity index (χ3v) is 2.54. The van der Waals surface area contributed by atoms with Gasteiger partial charge in [0.15, 0.2) is 5.82 Å². The van der Waals surface area contributed by atoms with Crippen LogP contribution in [0.4, 0.5) is 0 Å². The molecule has 0 amide bonds. The lowest BCUT2D eigenvalue weighted by Crippen LogP contribution is -2.30. The van der Waals surface area contributed by atoms with Crippen molar-refractivity contribution in [3.63, 3.8) is 0 Å². The number of aromatic amines is 1. The molecule has 96 valence electrons. The Morgan fingerprint density at radius 3 is 2.83 bits per heavy atom. The summed E-state index contributed by atoms with van der Waals surface area (Å²) in [6.45, 7) is 3.92. The average Bonchev–Trinajstić information content (AvgIpc) is 2.74. The predicted molar refractivity (Wildman–Crippen MR) is 63.8 cm³/mol. The summed E-state index contributed by atoms with van der Waals surface area (Å²) in [4.78, 5) is 28.8. The van der Waals surface area contributed by atoms with Crippen LogP contribution in [0.25, 0.3) is 0 Å². The minimum absolute atomic E-state index is 0.0645. The molecule has 0 atom stereocenters. The lowest BCUT2D eigenvalue weighted by Gasteiger charge is -2.00. The molecule has 1 N–H and O–H groups in total. The SMILES string of the molecule is CC(C)c1noc(Cn2cc(Cl)c(=O)[nH]c2=O)n1. The van der Waals surface area contributed by atoms with Crippen molar-refractivity contribution in [1.82, 2.24) is 19.7 Å². The van der Waals surface area contributed by atoms with Crippen LogP contribution in [0.3, 0.4) is 0 Å². The molecule has 0 unspecified atom stereocenters. The summed E-state index contributed by atoms with van der Waals surface area (Å²) < 4.78 is 6.19. The van der Waals surface area contributed by atoms with Crippen LogP contribution in [0.1, 0.15) is 31.5 Å². The highest BCUT2D eigenvalue weighted by molar-refractivity contribution is 6.30. The number of nitrogens with zero attached hydrogens (tertiary/aromatic N) is 3. The molecule has 0 aliphatic carbocycles. The van der Waals surface area contributed by atoms with E-state index in [2.05, 4.69) is 15.1 Å². The van der Waals surface area contributed by atoms with Crippen molar-refractivity contribution >= 4 is 11.6 Å². The number of halogens is 1. The Bertz CT molecular complexity index is 670. The Morgan fingerprint density at radius 2 is 2.22 bits per heavy atom. The molecular formula is C10H11ClN4O3. The van der Waals surface area contributed by atoms with Gasteiger partial charge >= 0.3 is 5.69 Å². The molecule has 2 aromatic heterocycles. The van der Waals surface area contributed by atoms with Gasteiger partial charge in [-0.3, -0.25) is 14.3 Å². The van der Waals surface area contributed by atoms with E-state index in [4.69, 9.17) is 16.1 Å². The van der Waals surface area contributed by atoms with Crippen molar-refractivity contribution in [3.8, 4) is 0 Å². The van der Waals surface area contributed by atoms with Crippen molar-refractivity contribution in [3.05, 3.63) is 43.8 Å². The fourth-order valence-corrected chi connectivity index (χ4v) is 1.48. The molecule has 0 radical (unpaired) electrons. The standard InChI is InChI=1S/C10H11ClN4O3/c1-5(2)8-12-7(18-14-8)4-15-3-6(11)9(16)13-10(15)17/h3,5H,4H2,1-2H3,(H,13,16,17). The van der Waals surface area contributed by atoms with Gasteiger partial charge in [-0.15, -0.1) is 0 Å². The van der Waals surface area contributed by atoms with Crippen LogP contribution in [0, 0.1) is 0 Å². The highest BCUT2D eigenvalue weighted by Crippen LogP contribution is 2.10. The first kappa shape index (κ1) is 12.6. The molecule has 7 nitrogen and oxygen atoms in total. The summed E-state index contributed by atoms with van der Waals surface area (Å²) in [5.74, 6) is 0.982. The summed E-state index contributed by atoms with van der Waals surface area (Å²) >= 11 is 5.64. The average molecular weight is 271 g/mol. The third kappa shape index (κ3) is 2.51. The highest BCUT2D eigenvalue weighted by Gasteiger charge is 2.11. The van der Waals surface area contributed by atoms with Crippen LogP contribution in [-0.2, 0) is 6.54 Å². The molecule has 0 spiro atoms. The number of hydrogen-bond donors (Lipinski definition) is 1. The van der Waals surface area contributed by atoms with E-state index in [1.807, 2.05) is 13.8 Å². The third-order valence-electron chi connectivity index (χ3n) is 2.27. The van der Waals surface area contributed by atoms with E-state index in [0.717, 1.165) is 0 Å². The lowest BCUT2D eigenvalue weighted by atomic mass is 10.2. The molecule has 0 bridgehead atoms. The van der Waals surface area contributed by atoms with Crippen molar-refractivity contribution in [2.75, 3.05) is 0 Å². The van der Waals surface area contributed by atoms with Gasteiger partial charge in [-0.25, -0.2) is 4.79 Å². The second-order valence-corrected chi connectivity index (χ2v) is 4.47. The predicted octanol–water partition coefficient (Wildman–Crippen LogP) is 0.745. The highest BCUT2D eigenvalue weighted by atomic mass is 35.5. The Kier molecular flexibility index (Phi) is 3.33. The summed E-state index contributed by atoms with van der Waals surface area (Å²) in [5.41, 5.74) is -1.19. The van der Waals surface area contributed by atoms with Crippen molar-refractivity contribution in [2.45, 2.75) is 26.3 Å². The maximum atomic E-state index is 11.5. The van der Waals surface area contributed by atoms with E-state index < -0.39 is 11.2 Å². The molecular weight excluding hydrogens is 260 g/mol. The van der Waals surface area contributed by atoms with Gasteiger partial charge in [0.2, 0.25) is 5.89 Å². The molecule has 0 aliphatic rings. The smallest absolute Gasteiger partial charge is 0.328 e. The van der Waals surface area contributed by atoms with Crippen molar-refractivity contribution in [1.29, 1.82) is 0 Å². The van der Waals surface area contributed by atoms with Crippen LogP contribution in [0.5, 0.6) is 0 Å². The topological polar surface area (TPSA) is 93.8 Å². The van der Waals surface area contributed by atoms with E-state index in [1.54, 1.807) is 0 Å². The molecule has 0 aliphatic heterocycles. The Morgan fingerprint density at radius 1 is 1.50 bits per heavy atom. The summed E-state index contributed by atoms with van der Waals surface area (Å²) in [5, 5.41) is 3.70. The van der Waals surface area contributed by atoms with Gasteiger partial charge in [-0.1, -0.05) is 30.6 Å². The molecule has 8 heteroatoms. The minimum Gasteiger partial charge on any atom is -0.337 e. The zero-order valence-electron chi connectivity index (χ0n) is 9.81. The first-order valence-electron chi connectivity index (χ1n) is 5.29.